The molecule has 1 amide bonds. The number of benzene rings is 1. The van der Waals surface area contributed by atoms with Gasteiger partial charge in [0.25, 0.3) is 0 Å². The molecular weight excluding hydrogens is 284 g/mol. The standard InChI is InChI=1S/C12H17BrN2O2/c1-8(2)15(7-11(14)16)6-9-4-3-5-10(13)12(9)17/h3-5,8,17H,6-7H2,1-2H3,(H2,14,16). The lowest BCUT2D eigenvalue weighted by atomic mass is 10.1. The molecule has 3 N–H and O–H groups in total. The second kappa shape index (κ2) is 6.02. The fourth-order valence-corrected chi connectivity index (χ4v) is 1.93. The van der Waals surface area contributed by atoms with Gasteiger partial charge in [-0.25, -0.2) is 0 Å². The number of phenolic OH excluding ortho intramolecular Hbond substituents is 1. The van der Waals surface area contributed by atoms with Crippen LogP contribution in [0.5, 0.6) is 5.75 Å². The Labute approximate surface area is 110 Å². The number of hydrogen-bond acceptors (Lipinski definition) is 3. The first kappa shape index (κ1) is 14.0. The minimum Gasteiger partial charge on any atom is -0.506 e. The first-order valence-electron chi connectivity index (χ1n) is 5.40. The van der Waals surface area contributed by atoms with E-state index in [9.17, 15) is 9.90 Å². The number of amides is 1. The average molecular weight is 301 g/mol. The summed E-state index contributed by atoms with van der Waals surface area (Å²) in [4.78, 5) is 12.9. The van der Waals surface area contributed by atoms with Gasteiger partial charge in [0.05, 0.1) is 11.0 Å². The number of para-hydroxylation sites is 1. The minimum absolute atomic E-state index is 0.181. The molecule has 0 saturated carbocycles. The van der Waals surface area contributed by atoms with Gasteiger partial charge in [-0.15, -0.1) is 0 Å². The van der Waals surface area contributed by atoms with E-state index in [-0.39, 0.29) is 24.2 Å². The molecule has 0 aliphatic rings. The maximum atomic E-state index is 11.0. The second-order valence-electron chi connectivity index (χ2n) is 4.21. The van der Waals surface area contributed by atoms with Gasteiger partial charge in [0.1, 0.15) is 5.75 Å². The topological polar surface area (TPSA) is 66.6 Å². The third-order valence-electron chi connectivity index (χ3n) is 2.53. The summed E-state index contributed by atoms with van der Waals surface area (Å²) in [6.45, 7) is 4.64. The van der Waals surface area contributed by atoms with Gasteiger partial charge < -0.3 is 10.8 Å². The van der Waals surface area contributed by atoms with Crippen LogP contribution < -0.4 is 5.73 Å². The number of carbonyl (C=O) groups is 1. The van der Waals surface area contributed by atoms with E-state index < -0.39 is 0 Å². The van der Waals surface area contributed by atoms with E-state index in [2.05, 4.69) is 15.9 Å². The van der Waals surface area contributed by atoms with E-state index in [1.54, 1.807) is 6.07 Å². The minimum atomic E-state index is -0.367. The smallest absolute Gasteiger partial charge is 0.231 e. The summed E-state index contributed by atoms with van der Waals surface area (Å²) in [5.74, 6) is -0.157. The lowest BCUT2D eigenvalue weighted by molar-refractivity contribution is -0.119. The van der Waals surface area contributed by atoms with Crippen molar-refractivity contribution in [2.24, 2.45) is 5.73 Å². The molecule has 0 radical (unpaired) electrons. The normalized spacial score (nSPS) is 11.1. The summed E-state index contributed by atoms with van der Waals surface area (Å²) in [7, 11) is 0. The quantitative estimate of drug-likeness (QED) is 0.872. The highest BCUT2D eigenvalue weighted by Gasteiger charge is 2.15. The lowest BCUT2D eigenvalue weighted by Crippen LogP contribution is -2.37. The summed E-state index contributed by atoms with van der Waals surface area (Å²) in [5, 5.41) is 9.87. The molecule has 0 bridgehead atoms. The molecule has 17 heavy (non-hydrogen) atoms. The molecule has 1 aromatic rings. The van der Waals surface area contributed by atoms with Crippen molar-refractivity contribution in [1.82, 2.24) is 4.90 Å². The Bertz CT molecular complexity index is 407. The van der Waals surface area contributed by atoms with E-state index in [0.29, 0.717) is 11.0 Å². The van der Waals surface area contributed by atoms with Gasteiger partial charge in [0.2, 0.25) is 5.91 Å². The molecule has 0 fully saturated rings. The number of aromatic hydroxyl groups is 1. The Balaban J connectivity index is 2.86. The predicted molar refractivity (Wildman–Crippen MR) is 70.5 cm³/mol. The fraction of sp³-hybridized carbons (Fsp3) is 0.417. The van der Waals surface area contributed by atoms with Crippen LogP contribution in [0.2, 0.25) is 0 Å². The molecule has 4 nitrogen and oxygen atoms in total. The van der Waals surface area contributed by atoms with Gasteiger partial charge >= 0.3 is 0 Å². The summed E-state index contributed by atoms with van der Waals surface area (Å²) in [5.41, 5.74) is 5.97. The summed E-state index contributed by atoms with van der Waals surface area (Å²) >= 11 is 3.26. The van der Waals surface area contributed by atoms with Gasteiger partial charge in [-0.2, -0.15) is 0 Å². The summed E-state index contributed by atoms with van der Waals surface area (Å²) < 4.78 is 0.651. The zero-order valence-corrected chi connectivity index (χ0v) is 11.6. The van der Waals surface area contributed by atoms with Gasteiger partial charge in [0, 0.05) is 18.2 Å². The number of nitrogens with zero attached hydrogens (tertiary/aromatic N) is 1. The van der Waals surface area contributed by atoms with Crippen molar-refractivity contribution < 1.29 is 9.90 Å². The first-order chi connectivity index (χ1) is 7.91. The summed E-state index contributed by atoms with van der Waals surface area (Å²) in [6, 6.07) is 5.63. The highest BCUT2D eigenvalue weighted by Crippen LogP contribution is 2.28. The predicted octanol–water partition coefficient (Wildman–Crippen LogP) is 1.85. The van der Waals surface area contributed by atoms with E-state index in [1.165, 1.54) is 0 Å². The Morgan fingerprint density at radius 1 is 1.53 bits per heavy atom. The average Bonchev–Trinajstić information content (AvgIpc) is 2.22. The molecule has 0 aliphatic carbocycles. The molecule has 0 heterocycles. The number of carbonyl (C=O) groups excluding carboxylic acids is 1. The number of hydrogen-bond donors (Lipinski definition) is 2. The number of nitrogens with two attached hydrogens (primary N) is 1. The van der Waals surface area contributed by atoms with Crippen molar-refractivity contribution in [3.05, 3.63) is 28.2 Å². The SMILES string of the molecule is CC(C)N(CC(N)=O)Cc1cccc(Br)c1O. The second-order valence-corrected chi connectivity index (χ2v) is 5.07. The number of halogens is 1. The first-order valence-corrected chi connectivity index (χ1v) is 6.19. The molecular formula is C12H17BrN2O2. The molecule has 94 valence electrons. The van der Waals surface area contributed by atoms with Crippen LogP contribution in [0.3, 0.4) is 0 Å². The fourth-order valence-electron chi connectivity index (χ4n) is 1.53. The maximum absolute atomic E-state index is 11.0. The zero-order chi connectivity index (χ0) is 13.0. The monoisotopic (exact) mass is 300 g/mol. The molecule has 0 aliphatic heterocycles. The van der Waals surface area contributed by atoms with Crippen molar-refractivity contribution in [1.29, 1.82) is 0 Å². The largest absolute Gasteiger partial charge is 0.506 e. The van der Waals surface area contributed by atoms with Crippen molar-refractivity contribution >= 4 is 21.8 Å². The van der Waals surface area contributed by atoms with Crippen LogP contribution in [0.1, 0.15) is 19.4 Å². The van der Waals surface area contributed by atoms with Gasteiger partial charge in [-0.3, -0.25) is 9.69 Å². The van der Waals surface area contributed by atoms with Crippen LogP contribution in [0, 0.1) is 0 Å². The molecule has 1 aromatic carbocycles. The maximum Gasteiger partial charge on any atom is 0.231 e. The van der Waals surface area contributed by atoms with Crippen LogP contribution in [-0.2, 0) is 11.3 Å². The van der Waals surface area contributed by atoms with Crippen LogP contribution >= 0.6 is 15.9 Å². The molecule has 1 rings (SSSR count). The van der Waals surface area contributed by atoms with Crippen LogP contribution in [-0.4, -0.2) is 28.5 Å². The Morgan fingerprint density at radius 2 is 2.18 bits per heavy atom. The van der Waals surface area contributed by atoms with Crippen molar-refractivity contribution in [2.45, 2.75) is 26.4 Å². The molecule has 5 heteroatoms. The molecule has 0 atom stereocenters. The van der Waals surface area contributed by atoms with Crippen molar-refractivity contribution in [3.63, 3.8) is 0 Å². The zero-order valence-electron chi connectivity index (χ0n) is 9.98. The van der Waals surface area contributed by atoms with Crippen molar-refractivity contribution in [3.8, 4) is 5.75 Å². The van der Waals surface area contributed by atoms with Crippen LogP contribution in [0.15, 0.2) is 22.7 Å². The van der Waals surface area contributed by atoms with E-state index >= 15 is 0 Å². The lowest BCUT2D eigenvalue weighted by Gasteiger charge is -2.25. The number of primary amides is 1. The Hall–Kier alpha value is -1.07. The summed E-state index contributed by atoms with van der Waals surface area (Å²) in [6.07, 6.45) is 0. The Morgan fingerprint density at radius 3 is 2.71 bits per heavy atom. The third kappa shape index (κ3) is 4.02. The van der Waals surface area contributed by atoms with Gasteiger partial charge in [-0.05, 0) is 35.8 Å². The van der Waals surface area contributed by atoms with Crippen LogP contribution in [0.25, 0.3) is 0 Å². The highest BCUT2D eigenvalue weighted by molar-refractivity contribution is 9.10. The molecule has 0 unspecified atom stereocenters. The van der Waals surface area contributed by atoms with Gasteiger partial charge in [0.15, 0.2) is 0 Å². The van der Waals surface area contributed by atoms with E-state index in [4.69, 9.17) is 5.73 Å². The molecule has 0 spiro atoms. The molecule has 0 saturated heterocycles. The Kier molecular flexibility index (Phi) is 4.96. The number of rotatable bonds is 5. The van der Waals surface area contributed by atoms with Crippen LogP contribution in [0.4, 0.5) is 0 Å². The van der Waals surface area contributed by atoms with Gasteiger partial charge in [-0.1, -0.05) is 12.1 Å². The third-order valence-corrected chi connectivity index (χ3v) is 3.17. The van der Waals surface area contributed by atoms with Crippen molar-refractivity contribution in [2.75, 3.05) is 6.54 Å². The number of phenols is 1. The van der Waals surface area contributed by atoms with E-state index in [1.807, 2.05) is 30.9 Å². The molecule has 0 aromatic heterocycles. The highest BCUT2D eigenvalue weighted by atomic mass is 79.9. The van der Waals surface area contributed by atoms with E-state index in [0.717, 1.165) is 5.56 Å².